The van der Waals surface area contributed by atoms with E-state index in [0.29, 0.717) is 6.54 Å². The SMILES string of the molecule is N=[N+]1C=CN[C]C1. The molecule has 0 saturated heterocycles. The van der Waals surface area contributed by atoms with Gasteiger partial charge in [-0.05, 0) is 0 Å². The molecule has 0 aromatic carbocycles. The minimum atomic E-state index is 0.538. The highest BCUT2D eigenvalue weighted by Gasteiger charge is 2.02. The first-order chi connectivity index (χ1) is 3.39. The van der Waals surface area contributed by atoms with E-state index < -0.39 is 0 Å². The summed E-state index contributed by atoms with van der Waals surface area (Å²) < 4.78 is 1.29. The third-order valence-corrected chi connectivity index (χ3v) is 0.689. The minimum Gasteiger partial charge on any atom is -0.370 e. The molecule has 7 heavy (non-hydrogen) atoms. The second kappa shape index (κ2) is 1.73. The van der Waals surface area contributed by atoms with E-state index in [-0.39, 0.29) is 0 Å². The van der Waals surface area contributed by atoms with Gasteiger partial charge < -0.3 is 5.32 Å². The Morgan fingerprint density at radius 2 is 2.71 bits per heavy atom. The van der Waals surface area contributed by atoms with Crippen LogP contribution in [0.2, 0.25) is 0 Å². The van der Waals surface area contributed by atoms with Gasteiger partial charge in [0.25, 0.3) is 0 Å². The summed E-state index contributed by atoms with van der Waals surface area (Å²) in [5.41, 5.74) is 6.92. The highest BCUT2D eigenvalue weighted by Crippen LogP contribution is 1.83. The Morgan fingerprint density at radius 1 is 1.86 bits per heavy atom. The van der Waals surface area contributed by atoms with Crippen LogP contribution in [0.3, 0.4) is 0 Å². The molecule has 36 valence electrons. The van der Waals surface area contributed by atoms with Crippen molar-refractivity contribution in [3.05, 3.63) is 18.9 Å². The van der Waals surface area contributed by atoms with Gasteiger partial charge in [0.15, 0.2) is 6.54 Å². The fraction of sp³-hybridized carbons (Fsp3) is 0.250. The summed E-state index contributed by atoms with van der Waals surface area (Å²) in [6.07, 6.45) is 3.30. The fourth-order valence-electron chi connectivity index (χ4n) is 0.370. The maximum Gasteiger partial charge on any atom is 0.211 e. The minimum absolute atomic E-state index is 0.538. The first-order valence-electron chi connectivity index (χ1n) is 2.02. The third-order valence-electron chi connectivity index (χ3n) is 0.689. The van der Waals surface area contributed by atoms with Crippen LogP contribution < -0.4 is 5.32 Å². The Balaban J connectivity index is 2.51. The van der Waals surface area contributed by atoms with E-state index >= 15 is 0 Å². The molecule has 0 atom stereocenters. The molecule has 0 amide bonds. The summed E-state index contributed by atoms with van der Waals surface area (Å²) in [4.78, 5) is 0. The van der Waals surface area contributed by atoms with Crippen LogP contribution in [0.5, 0.6) is 0 Å². The second-order valence-corrected chi connectivity index (χ2v) is 1.26. The molecule has 2 N–H and O–H groups in total. The first-order valence-corrected chi connectivity index (χ1v) is 2.02. The monoisotopic (exact) mass is 96.1 g/mol. The molecule has 3 heteroatoms. The number of hydrogen-bond acceptors (Lipinski definition) is 2. The van der Waals surface area contributed by atoms with E-state index in [2.05, 4.69) is 11.9 Å². The molecule has 3 nitrogen and oxygen atoms in total. The molecule has 0 aliphatic carbocycles. The Hall–Kier alpha value is -0.860. The number of nitrogens with zero attached hydrogens (tertiary/aromatic N) is 1. The molecule has 0 aromatic heterocycles. The van der Waals surface area contributed by atoms with E-state index in [1.807, 2.05) is 0 Å². The predicted octanol–water partition coefficient (Wildman–Crippen LogP) is 0.143. The first kappa shape index (κ1) is 4.30. The molecule has 1 heterocycles. The molecule has 0 saturated carbocycles. The molecule has 2 radical (unpaired) electrons. The quantitative estimate of drug-likeness (QED) is 0.414. The van der Waals surface area contributed by atoms with Crippen molar-refractivity contribution >= 4 is 0 Å². The zero-order chi connectivity index (χ0) is 5.11. The van der Waals surface area contributed by atoms with Crippen molar-refractivity contribution in [3.63, 3.8) is 0 Å². The fourth-order valence-corrected chi connectivity index (χ4v) is 0.370. The lowest BCUT2D eigenvalue weighted by molar-refractivity contribution is -0.547. The van der Waals surface area contributed by atoms with Crippen LogP contribution in [0.15, 0.2) is 12.4 Å². The summed E-state index contributed by atoms with van der Waals surface area (Å²) in [6, 6.07) is 0. The number of nitrogens with one attached hydrogen (secondary N) is 2. The topological polar surface area (TPSA) is 38.9 Å². The average Bonchev–Trinajstić information content (AvgIpc) is 1.69. The maximum atomic E-state index is 6.92. The van der Waals surface area contributed by atoms with Crippen molar-refractivity contribution < 1.29 is 4.70 Å². The average molecular weight is 96.1 g/mol. The Morgan fingerprint density at radius 3 is 3.00 bits per heavy atom. The molecular weight excluding hydrogens is 90.1 g/mol. The van der Waals surface area contributed by atoms with Gasteiger partial charge >= 0.3 is 0 Å². The van der Waals surface area contributed by atoms with Gasteiger partial charge in [0.1, 0.15) is 0 Å². The Bertz CT molecular complexity index is 106. The Labute approximate surface area is 42.1 Å². The van der Waals surface area contributed by atoms with Gasteiger partial charge in [-0.25, -0.2) is 0 Å². The predicted molar refractivity (Wildman–Crippen MR) is 23.4 cm³/mol. The van der Waals surface area contributed by atoms with Gasteiger partial charge in [0.05, 0.1) is 6.20 Å². The van der Waals surface area contributed by atoms with Gasteiger partial charge in [-0.2, -0.15) is 0 Å². The zero-order valence-electron chi connectivity index (χ0n) is 3.81. The molecule has 1 aliphatic rings. The summed E-state index contributed by atoms with van der Waals surface area (Å²) in [5.74, 6) is 0. The van der Waals surface area contributed by atoms with Crippen LogP contribution in [0.1, 0.15) is 0 Å². The molecule has 0 spiro atoms. The third kappa shape index (κ3) is 0.994. The van der Waals surface area contributed by atoms with Gasteiger partial charge in [-0.3, -0.25) is 0 Å². The standard InChI is InChI=1S/C4H6N3/c5-7-3-1-6-2-4-7/h1,3,5-6H,4H2/q+1. The zero-order valence-corrected chi connectivity index (χ0v) is 3.81. The smallest absolute Gasteiger partial charge is 0.211 e. The van der Waals surface area contributed by atoms with E-state index in [9.17, 15) is 0 Å². The van der Waals surface area contributed by atoms with Crippen molar-refractivity contribution in [1.29, 1.82) is 5.53 Å². The highest BCUT2D eigenvalue weighted by molar-refractivity contribution is 4.78. The number of hydrogen-bond donors (Lipinski definition) is 2. The van der Waals surface area contributed by atoms with Gasteiger partial charge in [-0.15, -0.1) is 0 Å². The van der Waals surface area contributed by atoms with Crippen molar-refractivity contribution in [2.24, 2.45) is 0 Å². The lowest BCUT2D eigenvalue weighted by Crippen LogP contribution is -2.17. The van der Waals surface area contributed by atoms with Crippen LogP contribution >= 0.6 is 0 Å². The maximum absolute atomic E-state index is 6.92. The number of rotatable bonds is 0. The van der Waals surface area contributed by atoms with Gasteiger partial charge in [0.2, 0.25) is 12.7 Å². The van der Waals surface area contributed by atoms with Crippen molar-refractivity contribution in [1.82, 2.24) is 5.32 Å². The Kier molecular flexibility index (Phi) is 1.06. The highest BCUT2D eigenvalue weighted by atomic mass is 15.2. The lowest BCUT2D eigenvalue weighted by atomic mass is 10.5. The van der Waals surface area contributed by atoms with Crippen LogP contribution in [-0.4, -0.2) is 11.2 Å². The summed E-state index contributed by atoms with van der Waals surface area (Å²) in [6.45, 7) is 3.27. The molecule has 0 fully saturated rings. The molecule has 1 aliphatic heterocycles. The van der Waals surface area contributed by atoms with E-state index in [1.165, 1.54) is 4.70 Å². The summed E-state index contributed by atoms with van der Waals surface area (Å²) in [7, 11) is 0. The summed E-state index contributed by atoms with van der Waals surface area (Å²) >= 11 is 0. The van der Waals surface area contributed by atoms with E-state index in [1.54, 1.807) is 12.4 Å². The van der Waals surface area contributed by atoms with E-state index in [4.69, 9.17) is 5.53 Å². The lowest BCUT2D eigenvalue weighted by Gasteiger charge is -1.96. The van der Waals surface area contributed by atoms with E-state index in [0.717, 1.165) is 0 Å². The molecule has 0 unspecified atom stereocenters. The molecular formula is C4H6N3+. The van der Waals surface area contributed by atoms with Crippen LogP contribution in [0, 0.1) is 12.1 Å². The van der Waals surface area contributed by atoms with Gasteiger partial charge in [0, 0.05) is 0 Å². The molecule has 1 rings (SSSR count). The van der Waals surface area contributed by atoms with Gasteiger partial charge in [-0.1, -0.05) is 10.2 Å². The van der Waals surface area contributed by atoms with Crippen LogP contribution in [0.4, 0.5) is 0 Å². The van der Waals surface area contributed by atoms with Crippen LogP contribution in [0.25, 0.3) is 0 Å². The second-order valence-electron chi connectivity index (χ2n) is 1.26. The molecule has 0 aromatic rings. The molecule has 0 bridgehead atoms. The van der Waals surface area contributed by atoms with Crippen LogP contribution in [-0.2, 0) is 0 Å². The van der Waals surface area contributed by atoms with Crippen molar-refractivity contribution in [3.8, 4) is 0 Å². The summed E-state index contributed by atoms with van der Waals surface area (Å²) in [5, 5.41) is 2.72. The van der Waals surface area contributed by atoms with Crippen molar-refractivity contribution in [2.75, 3.05) is 6.54 Å². The largest absolute Gasteiger partial charge is 0.370 e. The normalized spacial score (nSPS) is 19.1. The van der Waals surface area contributed by atoms with Crippen molar-refractivity contribution in [2.45, 2.75) is 0 Å².